The van der Waals surface area contributed by atoms with Crippen LogP contribution in [0.25, 0.3) is 0 Å². The van der Waals surface area contributed by atoms with Crippen LogP contribution in [0.15, 0.2) is 18.2 Å². The number of nitrogens with two attached hydrogens (primary N) is 1. The molecule has 3 nitrogen and oxygen atoms in total. The fourth-order valence-corrected chi connectivity index (χ4v) is 1.47. The Balaban J connectivity index is 2.89. The maximum Gasteiger partial charge on any atom is 0.131 e. The van der Waals surface area contributed by atoms with Crippen LogP contribution in [0.2, 0.25) is 0 Å². The predicted octanol–water partition coefficient (Wildman–Crippen LogP) is 2.56. The second-order valence-electron chi connectivity index (χ2n) is 5.44. The van der Waals surface area contributed by atoms with Gasteiger partial charge in [0.2, 0.25) is 0 Å². The van der Waals surface area contributed by atoms with Gasteiger partial charge < -0.3 is 15.4 Å². The van der Waals surface area contributed by atoms with Crippen molar-refractivity contribution < 1.29 is 9.13 Å². The molecule has 2 N–H and O–H groups in total. The quantitative estimate of drug-likeness (QED) is 0.877. The van der Waals surface area contributed by atoms with E-state index < -0.39 is 0 Å². The minimum Gasteiger partial charge on any atom is -0.491 e. The van der Waals surface area contributed by atoms with Gasteiger partial charge in [0, 0.05) is 17.1 Å². The molecule has 0 saturated heterocycles. The molecule has 1 aromatic rings. The Morgan fingerprint density at radius 1 is 1.39 bits per heavy atom. The highest BCUT2D eigenvalue weighted by molar-refractivity contribution is 5.36. The van der Waals surface area contributed by atoms with E-state index in [4.69, 9.17) is 10.5 Å². The number of rotatable bonds is 5. The van der Waals surface area contributed by atoms with E-state index in [1.165, 1.54) is 6.07 Å². The third-order valence-electron chi connectivity index (χ3n) is 3.26. The van der Waals surface area contributed by atoms with Crippen LogP contribution in [-0.2, 0) is 0 Å². The SMILES string of the molecule is C[C@H](N)c1c(F)cccc1OCC(C)(C)N(C)C. The van der Waals surface area contributed by atoms with Crippen LogP contribution in [0.1, 0.15) is 32.4 Å². The standard InChI is InChI=1S/C14H23FN2O/c1-10(16)13-11(15)7-6-8-12(13)18-9-14(2,3)17(4)5/h6-8,10H,9,16H2,1-5H3/t10-/m0/s1. The van der Waals surface area contributed by atoms with Gasteiger partial charge in [-0.1, -0.05) is 6.07 Å². The van der Waals surface area contributed by atoms with Crippen LogP contribution < -0.4 is 10.5 Å². The Morgan fingerprint density at radius 2 is 2.00 bits per heavy atom. The van der Waals surface area contributed by atoms with Gasteiger partial charge in [-0.15, -0.1) is 0 Å². The van der Waals surface area contributed by atoms with Crippen molar-refractivity contribution in [2.45, 2.75) is 32.4 Å². The Bertz CT molecular complexity index is 403. The topological polar surface area (TPSA) is 38.5 Å². The van der Waals surface area contributed by atoms with E-state index in [0.29, 0.717) is 17.9 Å². The Kier molecular flexibility index (Phi) is 4.71. The maximum atomic E-state index is 13.7. The van der Waals surface area contributed by atoms with Crippen LogP contribution in [0.3, 0.4) is 0 Å². The molecule has 0 spiro atoms. The monoisotopic (exact) mass is 254 g/mol. The van der Waals surface area contributed by atoms with Crippen LogP contribution >= 0.6 is 0 Å². The Morgan fingerprint density at radius 3 is 2.50 bits per heavy atom. The highest BCUT2D eigenvalue weighted by Crippen LogP contribution is 2.27. The summed E-state index contributed by atoms with van der Waals surface area (Å²) < 4.78 is 19.5. The molecule has 0 bridgehead atoms. The van der Waals surface area contributed by atoms with Crippen molar-refractivity contribution in [1.82, 2.24) is 4.90 Å². The minimum atomic E-state index is -0.385. The summed E-state index contributed by atoms with van der Waals surface area (Å²) in [4.78, 5) is 2.07. The van der Waals surface area contributed by atoms with E-state index in [1.54, 1.807) is 19.1 Å². The first-order valence-electron chi connectivity index (χ1n) is 6.10. The van der Waals surface area contributed by atoms with E-state index in [9.17, 15) is 4.39 Å². The minimum absolute atomic E-state index is 0.124. The van der Waals surface area contributed by atoms with Crippen molar-refractivity contribution in [3.05, 3.63) is 29.6 Å². The summed E-state index contributed by atoms with van der Waals surface area (Å²) in [6, 6.07) is 4.42. The van der Waals surface area contributed by atoms with E-state index >= 15 is 0 Å². The van der Waals surface area contributed by atoms with Crippen molar-refractivity contribution >= 4 is 0 Å². The molecule has 0 aliphatic carbocycles. The summed E-state index contributed by atoms with van der Waals surface area (Å²) in [5, 5.41) is 0. The maximum absolute atomic E-state index is 13.7. The van der Waals surface area contributed by atoms with E-state index in [-0.39, 0.29) is 17.4 Å². The first kappa shape index (κ1) is 14.9. The molecule has 1 aromatic carbocycles. The summed E-state index contributed by atoms with van der Waals surface area (Å²) in [5.41, 5.74) is 6.10. The molecule has 0 aliphatic heterocycles. The zero-order valence-corrected chi connectivity index (χ0v) is 11.8. The molecule has 0 heterocycles. The molecule has 18 heavy (non-hydrogen) atoms. The second-order valence-corrected chi connectivity index (χ2v) is 5.44. The number of halogens is 1. The fourth-order valence-electron chi connectivity index (χ4n) is 1.47. The first-order valence-corrected chi connectivity index (χ1v) is 6.10. The summed E-state index contributed by atoms with van der Waals surface area (Å²) >= 11 is 0. The summed E-state index contributed by atoms with van der Waals surface area (Å²) in [7, 11) is 3.98. The summed E-state index contributed by atoms with van der Waals surface area (Å²) in [6.45, 7) is 6.36. The number of nitrogens with zero attached hydrogens (tertiary/aromatic N) is 1. The van der Waals surface area contributed by atoms with Crippen molar-refractivity contribution in [3.8, 4) is 5.75 Å². The third kappa shape index (κ3) is 3.43. The van der Waals surface area contributed by atoms with Crippen molar-refractivity contribution in [3.63, 3.8) is 0 Å². The second kappa shape index (κ2) is 5.67. The molecule has 0 unspecified atom stereocenters. The lowest BCUT2D eigenvalue weighted by molar-refractivity contribution is 0.113. The molecule has 102 valence electrons. The molecule has 0 radical (unpaired) electrons. The average molecular weight is 254 g/mol. The number of hydrogen-bond donors (Lipinski definition) is 1. The Hall–Kier alpha value is -1.13. The van der Waals surface area contributed by atoms with Gasteiger partial charge >= 0.3 is 0 Å². The largest absolute Gasteiger partial charge is 0.491 e. The van der Waals surface area contributed by atoms with Crippen LogP contribution in [-0.4, -0.2) is 31.1 Å². The lowest BCUT2D eigenvalue weighted by Gasteiger charge is -2.32. The molecular formula is C14H23FN2O. The summed E-state index contributed by atoms with van der Waals surface area (Å²) in [6.07, 6.45) is 0. The molecule has 4 heteroatoms. The summed E-state index contributed by atoms with van der Waals surface area (Å²) in [5.74, 6) is 0.213. The highest BCUT2D eigenvalue weighted by atomic mass is 19.1. The van der Waals surface area contributed by atoms with Gasteiger partial charge in [-0.2, -0.15) is 0 Å². The van der Waals surface area contributed by atoms with Gasteiger partial charge in [0.25, 0.3) is 0 Å². The zero-order valence-electron chi connectivity index (χ0n) is 11.8. The van der Waals surface area contributed by atoms with E-state index in [2.05, 4.69) is 18.7 Å². The van der Waals surface area contributed by atoms with Crippen molar-refractivity contribution in [1.29, 1.82) is 0 Å². The molecule has 1 atom stereocenters. The van der Waals surface area contributed by atoms with Gasteiger partial charge in [0.1, 0.15) is 18.2 Å². The third-order valence-corrected chi connectivity index (χ3v) is 3.26. The van der Waals surface area contributed by atoms with Gasteiger partial charge in [-0.3, -0.25) is 0 Å². The van der Waals surface area contributed by atoms with E-state index in [0.717, 1.165) is 0 Å². The number of benzene rings is 1. The zero-order chi connectivity index (χ0) is 13.9. The van der Waals surface area contributed by atoms with Crippen molar-refractivity contribution in [2.24, 2.45) is 5.73 Å². The van der Waals surface area contributed by atoms with E-state index in [1.807, 2.05) is 14.1 Å². The van der Waals surface area contributed by atoms with Gasteiger partial charge in [-0.25, -0.2) is 4.39 Å². The average Bonchev–Trinajstić information content (AvgIpc) is 2.25. The van der Waals surface area contributed by atoms with Crippen LogP contribution in [0.5, 0.6) is 5.75 Å². The molecule has 0 fully saturated rings. The Labute approximate surface area is 109 Å². The number of hydrogen-bond acceptors (Lipinski definition) is 3. The highest BCUT2D eigenvalue weighted by Gasteiger charge is 2.23. The normalized spacial score (nSPS) is 13.8. The van der Waals surface area contributed by atoms with Crippen LogP contribution in [0, 0.1) is 5.82 Å². The fraction of sp³-hybridized carbons (Fsp3) is 0.571. The molecule has 0 saturated carbocycles. The lowest BCUT2D eigenvalue weighted by Crippen LogP contribution is -2.43. The first-order chi connectivity index (χ1) is 8.25. The lowest BCUT2D eigenvalue weighted by atomic mass is 10.1. The van der Waals surface area contributed by atoms with Crippen molar-refractivity contribution in [2.75, 3.05) is 20.7 Å². The molecule has 0 aromatic heterocycles. The molecular weight excluding hydrogens is 231 g/mol. The smallest absolute Gasteiger partial charge is 0.131 e. The van der Waals surface area contributed by atoms with Gasteiger partial charge in [0.05, 0.1) is 0 Å². The number of likely N-dealkylation sites (N-methyl/N-ethyl adjacent to an activating group) is 1. The molecule has 0 amide bonds. The van der Waals surface area contributed by atoms with Gasteiger partial charge in [0.15, 0.2) is 0 Å². The molecule has 0 aliphatic rings. The van der Waals surface area contributed by atoms with Gasteiger partial charge in [-0.05, 0) is 47.0 Å². The predicted molar refractivity (Wildman–Crippen MR) is 72.3 cm³/mol. The van der Waals surface area contributed by atoms with Crippen LogP contribution in [0.4, 0.5) is 4.39 Å². The number of ether oxygens (including phenoxy) is 1. The molecule has 1 rings (SSSR count).